The van der Waals surface area contributed by atoms with E-state index in [0.29, 0.717) is 18.3 Å². The zero-order valence-corrected chi connectivity index (χ0v) is 9.41. The quantitative estimate of drug-likeness (QED) is 0.713. The van der Waals surface area contributed by atoms with E-state index in [1.54, 1.807) is 6.92 Å². The van der Waals surface area contributed by atoms with Gasteiger partial charge in [-0.1, -0.05) is 0 Å². The van der Waals surface area contributed by atoms with Gasteiger partial charge in [-0.25, -0.2) is 0 Å². The van der Waals surface area contributed by atoms with Crippen LogP contribution in [-0.4, -0.2) is 34.5 Å². The van der Waals surface area contributed by atoms with Crippen LogP contribution >= 0.6 is 24.4 Å². The molecule has 0 spiro atoms. The molecule has 0 aliphatic heterocycles. The molecule has 0 aromatic carbocycles. The molecule has 3 nitrogen and oxygen atoms in total. The largest absolute Gasteiger partial charge is 0.487 e. The fraction of sp³-hybridized carbons (Fsp3) is 0.750. The van der Waals surface area contributed by atoms with Gasteiger partial charge in [0, 0.05) is 0 Å². The first-order chi connectivity index (χ1) is 6.11. The maximum absolute atomic E-state index is 9.41. The van der Waals surface area contributed by atoms with Crippen LogP contribution in [0, 0.1) is 0 Å². The molecule has 1 unspecified atom stereocenters. The molecule has 1 atom stereocenters. The summed E-state index contributed by atoms with van der Waals surface area (Å²) >= 11 is 9.63. The van der Waals surface area contributed by atoms with Gasteiger partial charge in [-0.2, -0.15) is 0 Å². The normalized spacial score (nSPS) is 11.9. The smallest absolute Gasteiger partial charge is 0.188 e. The van der Waals surface area contributed by atoms with Crippen LogP contribution in [0.15, 0.2) is 0 Å². The van der Waals surface area contributed by atoms with Crippen molar-refractivity contribution in [2.75, 3.05) is 13.2 Å². The van der Waals surface area contributed by atoms with Crippen LogP contribution in [0.2, 0.25) is 0 Å². The van der Waals surface area contributed by atoms with Crippen molar-refractivity contribution in [2.45, 2.75) is 26.4 Å². The standard InChI is InChI=1S/C8H14O3S2/c1-3-10-7(12)5-6(9)8(13)11-4-2/h6,9H,3-5H2,1-2H3. The zero-order chi connectivity index (χ0) is 10.3. The number of aliphatic hydroxyl groups is 1. The van der Waals surface area contributed by atoms with Gasteiger partial charge in [0.15, 0.2) is 10.1 Å². The van der Waals surface area contributed by atoms with E-state index in [-0.39, 0.29) is 11.5 Å². The van der Waals surface area contributed by atoms with Crippen molar-refractivity contribution < 1.29 is 14.6 Å². The van der Waals surface area contributed by atoms with E-state index in [9.17, 15) is 5.11 Å². The highest BCUT2D eigenvalue weighted by atomic mass is 32.1. The van der Waals surface area contributed by atoms with Crippen molar-refractivity contribution in [3.63, 3.8) is 0 Å². The van der Waals surface area contributed by atoms with E-state index in [4.69, 9.17) is 33.9 Å². The summed E-state index contributed by atoms with van der Waals surface area (Å²) in [5.41, 5.74) is 0. The van der Waals surface area contributed by atoms with E-state index in [1.807, 2.05) is 6.92 Å². The lowest BCUT2D eigenvalue weighted by atomic mass is 10.3. The van der Waals surface area contributed by atoms with Gasteiger partial charge in [-0.15, -0.1) is 0 Å². The molecule has 5 heteroatoms. The van der Waals surface area contributed by atoms with Crippen molar-refractivity contribution in [1.29, 1.82) is 0 Å². The molecule has 0 aromatic rings. The molecular weight excluding hydrogens is 208 g/mol. The fourth-order valence-electron chi connectivity index (χ4n) is 0.700. The van der Waals surface area contributed by atoms with Crippen LogP contribution in [0.1, 0.15) is 20.3 Å². The third-order valence-corrected chi connectivity index (χ3v) is 1.90. The number of hydrogen-bond donors (Lipinski definition) is 1. The molecule has 0 saturated heterocycles. The van der Waals surface area contributed by atoms with E-state index in [0.717, 1.165) is 0 Å². The van der Waals surface area contributed by atoms with E-state index < -0.39 is 6.10 Å². The first-order valence-electron chi connectivity index (χ1n) is 4.12. The van der Waals surface area contributed by atoms with Gasteiger partial charge in [0.25, 0.3) is 0 Å². The topological polar surface area (TPSA) is 38.7 Å². The maximum atomic E-state index is 9.41. The third-order valence-electron chi connectivity index (χ3n) is 1.22. The second-order valence-corrected chi connectivity index (χ2v) is 3.13. The van der Waals surface area contributed by atoms with Gasteiger partial charge in [-0.3, -0.25) is 0 Å². The van der Waals surface area contributed by atoms with E-state index in [2.05, 4.69) is 0 Å². The predicted octanol–water partition coefficient (Wildman–Crippen LogP) is 1.47. The Morgan fingerprint density at radius 2 is 1.77 bits per heavy atom. The van der Waals surface area contributed by atoms with Crippen LogP contribution in [0.3, 0.4) is 0 Å². The summed E-state index contributed by atoms with van der Waals surface area (Å²) in [6.07, 6.45) is -0.615. The number of rotatable bonds is 5. The Labute approximate surface area is 89.0 Å². The van der Waals surface area contributed by atoms with Crippen molar-refractivity contribution in [2.24, 2.45) is 0 Å². The molecule has 0 fully saturated rings. The average Bonchev–Trinajstić information content (AvgIpc) is 2.05. The number of thiocarbonyl (C=S) groups is 2. The molecule has 0 aliphatic rings. The number of hydrogen-bond acceptors (Lipinski definition) is 5. The van der Waals surface area contributed by atoms with Gasteiger partial charge in [0.2, 0.25) is 0 Å². The Hall–Kier alpha value is -0.260. The first kappa shape index (κ1) is 12.7. The molecule has 13 heavy (non-hydrogen) atoms. The lowest BCUT2D eigenvalue weighted by molar-refractivity contribution is 0.194. The SMILES string of the molecule is CCOC(=S)CC(O)C(=S)OCC. The van der Waals surface area contributed by atoms with Crippen molar-refractivity contribution in [1.82, 2.24) is 0 Å². The lowest BCUT2D eigenvalue weighted by Crippen LogP contribution is -2.24. The summed E-state index contributed by atoms with van der Waals surface area (Å²) in [6.45, 7) is 4.60. The highest BCUT2D eigenvalue weighted by Crippen LogP contribution is 2.01. The summed E-state index contributed by atoms with van der Waals surface area (Å²) in [4.78, 5) is 0. The van der Waals surface area contributed by atoms with E-state index >= 15 is 0 Å². The van der Waals surface area contributed by atoms with Crippen molar-refractivity contribution >= 4 is 34.5 Å². The number of aliphatic hydroxyl groups excluding tert-OH is 1. The van der Waals surface area contributed by atoms with Gasteiger partial charge in [0.1, 0.15) is 6.10 Å². The number of ether oxygens (including phenoxy) is 2. The van der Waals surface area contributed by atoms with Crippen molar-refractivity contribution in [3.8, 4) is 0 Å². The molecule has 1 N–H and O–H groups in total. The molecule has 0 radical (unpaired) electrons. The van der Waals surface area contributed by atoms with Crippen LogP contribution in [0.5, 0.6) is 0 Å². The summed E-state index contributed by atoms with van der Waals surface area (Å²) in [7, 11) is 0. The minimum absolute atomic E-state index is 0.171. The third kappa shape index (κ3) is 5.90. The minimum atomic E-state index is -0.839. The minimum Gasteiger partial charge on any atom is -0.487 e. The van der Waals surface area contributed by atoms with Gasteiger partial charge < -0.3 is 14.6 Å². The Morgan fingerprint density at radius 1 is 1.23 bits per heavy atom. The molecule has 0 aromatic heterocycles. The molecule has 0 rings (SSSR count). The van der Waals surface area contributed by atoms with Crippen LogP contribution in [0.25, 0.3) is 0 Å². The second kappa shape index (κ2) is 7.17. The highest BCUT2D eigenvalue weighted by Gasteiger charge is 2.14. The molecule has 76 valence electrons. The van der Waals surface area contributed by atoms with E-state index in [1.165, 1.54) is 0 Å². The van der Waals surface area contributed by atoms with Crippen LogP contribution in [0.4, 0.5) is 0 Å². The maximum Gasteiger partial charge on any atom is 0.188 e. The Balaban J connectivity index is 3.78. The van der Waals surface area contributed by atoms with Crippen molar-refractivity contribution in [3.05, 3.63) is 0 Å². The van der Waals surface area contributed by atoms with Gasteiger partial charge >= 0.3 is 0 Å². The Bertz CT molecular complexity index is 182. The molecule has 0 heterocycles. The molecular formula is C8H14O3S2. The average molecular weight is 222 g/mol. The highest BCUT2D eigenvalue weighted by molar-refractivity contribution is 7.80. The molecule has 0 saturated carbocycles. The lowest BCUT2D eigenvalue weighted by Gasteiger charge is -2.12. The second-order valence-electron chi connectivity index (χ2n) is 2.28. The fourth-order valence-corrected chi connectivity index (χ4v) is 1.18. The summed E-state index contributed by atoms with van der Waals surface area (Å²) in [5, 5.41) is 9.94. The molecule has 0 bridgehead atoms. The molecule has 0 aliphatic carbocycles. The van der Waals surface area contributed by atoms with Gasteiger partial charge in [-0.05, 0) is 38.3 Å². The van der Waals surface area contributed by atoms with Crippen LogP contribution in [-0.2, 0) is 9.47 Å². The summed E-state index contributed by atoms with van der Waals surface area (Å²) in [5.74, 6) is 0. The monoisotopic (exact) mass is 222 g/mol. The summed E-state index contributed by atoms with van der Waals surface area (Å²) in [6, 6.07) is 0. The Kier molecular flexibility index (Phi) is 7.03. The molecule has 0 amide bonds. The van der Waals surface area contributed by atoms with Crippen LogP contribution < -0.4 is 0 Å². The predicted molar refractivity (Wildman–Crippen MR) is 59.1 cm³/mol. The first-order valence-corrected chi connectivity index (χ1v) is 4.93. The van der Waals surface area contributed by atoms with Gasteiger partial charge in [0.05, 0.1) is 19.6 Å². The Morgan fingerprint density at radius 3 is 2.23 bits per heavy atom. The zero-order valence-electron chi connectivity index (χ0n) is 7.78. The summed E-state index contributed by atoms with van der Waals surface area (Å²) < 4.78 is 9.95.